The molecule has 3 rings (SSSR count). The van der Waals surface area contributed by atoms with Crippen LogP contribution in [0.3, 0.4) is 0 Å². The number of nitrogens with zero attached hydrogens (tertiary/aromatic N) is 3. The minimum atomic E-state index is -0.284. The zero-order valence-electron chi connectivity index (χ0n) is 17.5. The molecule has 160 valence electrons. The molecule has 2 aromatic carbocycles. The summed E-state index contributed by atoms with van der Waals surface area (Å²) in [5.41, 5.74) is 9.24. The van der Waals surface area contributed by atoms with Gasteiger partial charge in [-0.05, 0) is 35.2 Å². The molecule has 1 aromatic heterocycles. The van der Waals surface area contributed by atoms with Gasteiger partial charge in [0.05, 0.1) is 11.3 Å². The van der Waals surface area contributed by atoms with Crippen LogP contribution in [-0.4, -0.2) is 16.6 Å². The molecular weight excluding hydrogens is 442 g/mol. The lowest BCUT2D eigenvalue weighted by atomic mass is 9.94. The molecule has 0 saturated carbocycles. The summed E-state index contributed by atoms with van der Waals surface area (Å²) in [4.78, 5) is 16.6. The Morgan fingerprint density at radius 1 is 1.16 bits per heavy atom. The molecule has 1 heterocycles. The molecule has 6 nitrogen and oxygen atoms in total. The molecule has 0 saturated heterocycles. The largest absolute Gasteiger partial charge is 0.383 e. The maximum Gasteiger partial charge on any atom is 0.234 e. The van der Waals surface area contributed by atoms with Gasteiger partial charge in [-0.3, -0.25) is 4.79 Å². The van der Waals surface area contributed by atoms with E-state index in [1.165, 1.54) is 0 Å². The number of nitrogens with one attached hydrogen (secondary N) is 1. The van der Waals surface area contributed by atoms with Crippen molar-refractivity contribution in [2.24, 2.45) is 0 Å². The molecule has 0 unspecified atom stereocenters. The number of rotatable bonds is 6. The van der Waals surface area contributed by atoms with Gasteiger partial charge in [0, 0.05) is 16.3 Å². The van der Waals surface area contributed by atoms with Crippen LogP contribution in [0, 0.1) is 22.7 Å². The van der Waals surface area contributed by atoms with E-state index in [0.29, 0.717) is 32.8 Å². The maximum absolute atomic E-state index is 12.4. The Hall–Kier alpha value is -3.52. The normalized spacial score (nSPS) is 10.4. The predicted octanol–water partition coefficient (Wildman–Crippen LogP) is 5.58. The number of pyridine rings is 1. The Kier molecular flexibility index (Phi) is 7.37. The number of aromatic nitrogens is 1. The van der Waals surface area contributed by atoms with Crippen molar-refractivity contribution in [1.82, 2.24) is 4.98 Å². The Morgan fingerprint density at radius 3 is 2.44 bits per heavy atom. The molecule has 0 aliphatic carbocycles. The first-order valence-corrected chi connectivity index (χ1v) is 11.1. The Labute approximate surface area is 196 Å². The van der Waals surface area contributed by atoms with Crippen molar-refractivity contribution in [3.05, 3.63) is 70.2 Å². The van der Waals surface area contributed by atoms with E-state index in [0.717, 1.165) is 17.3 Å². The smallest absolute Gasteiger partial charge is 0.234 e. The van der Waals surface area contributed by atoms with Gasteiger partial charge in [0.15, 0.2) is 0 Å². The molecule has 1 amide bonds. The van der Waals surface area contributed by atoms with E-state index < -0.39 is 0 Å². The molecule has 0 spiro atoms. The highest BCUT2D eigenvalue weighted by Crippen LogP contribution is 2.36. The maximum atomic E-state index is 12.4. The molecule has 3 aromatic rings. The summed E-state index contributed by atoms with van der Waals surface area (Å²) in [6.07, 6.45) is 0. The van der Waals surface area contributed by atoms with Crippen LogP contribution in [0.25, 0.3) is 11.1 Å². The summed E-state index contributed by atoms with van der Waals surface area (Å²) in [6.45, 7) is 4.17. The van der Waals surface area contributed by atoms with Crippen LogP contribution in [0.4, 0.5) is 11.5 Å². The third kappa shape index (κ3) is 5.20. The number of thioether (sulfide) groups is 1. The number of amides is 1. The third-order valence-electron chi connectivity index (χ3n) is 4.73. The molecule has 8 heteroatoms. The van der Waals surface area contributed by atoms with Gasteiger partial charge in [-0.15, -0.1) is 0 Å². The fourth-order valence-corrected chi connectivity index (χ4v) is 4.11. The van der Waals surface area contributed by atoms with Crippen molar-refractivity contribution in [3.8, 4) is 23.3 Å². The summed E-state index contributed by atoms with van der Waals surface area (Å²) in [6, 6.07) is 18.7. The second-order valence-corrected chi connectivity index (χ2v) is 8.68. The van der Waals surface area contributed by atoms with E-state index in [9.17, 15) is 15.3 Å². The summed E-state index contributed by atoms with van der Waals surface area (Å²) < 4.78 is 0. The van der Waals surface area contributed by atoms with Crippen molar-refractivity contribution < 1.29 is 4.79 Å². The minimum absolute atomic E-state index is 0.00522. The van der Waals surface area contributed by atoms with Crippen LogP contribution in [0.5, 0.6) is 0 Å². The summed E-state index contributed by atoms with van der Waals surface area (Å²) in [5.74, 6) is 0.0908. The first-order valence-electron chi connectivity index (χ1n) is 9.76. The first-order chi connectivity index (χ1) is 15.3. The number of benzene rings is 2. The van der Waals surface area contributed by atoms with Gasteiger partial charge in [-0.1, -0.05) is 67.5 Å². The number of nitrogen functional groups attached to an aromatic ring is 1. The van der Waals surface area contributed by atoms with E-state index in [4.69, 9.17) is 17.3 Å². The topological polar surface area (TPSA) is 116 Å². The number of halogens is 1. The van der Waals surface area contributed by atoms with E-state index in [1.54, 1.807) is 24.3 Å². The van der Waals surface area contributed by atoms with Crippen molar-refractivity contribution >= 4 is 40.8 Å². The quantitative estimate of drug-likeness (QED) is 0.463. The molecule has 0 aliphatic heterocycles. The van der Waals surface area contributed by atoms with Crippen molar-refractivity contribution in [1.29, 1.82) is 10.5 Å². The lowest BCUT2D eigenvalue weighted by Gasteiger charge is -2.14. The van der Waals surface area contributed by atoms with Gasteiger partial charge in [0.2, 0.25) is 5.91 Å². The number of carbonyl (C=O) groups is 1. The predicted molar refractivity (Wildman–Crippen MR) is 128 cm³/mol. The van der Waals surface area contributed by atoms with Crippen LogP contribution in [0.1, 0.15) is 36.5 Å². The Balaban J connectivity index is 1.92. The van der Waals surface area contributed by atoms with Gasteiger partial charge >= 0.3 is 0 Å². The molecular formula is C24H20ClN5OS. The highest BCUT2D eigenvalue weighted by Gasteiger charge is 2.21. The summed E-state index contributed by atoms with van der Waals surface area (Å²) >= 11 is 7.03. The van der Waals surface area contributed by atoms with Crippen LogP contribution in [-0.2, 0) is 4.79 Å². The van der Waals surface area contributed by atoms with Gasteiger partial charge in [0.25, 0.3) is 0 Å². The van der Waals surface area contributed by atoms with Crippen molar-refractivity contribution in [2.45, 2.75) is 24.8 Å². The molecule has 0 radical (unpaired) electrons. The van der Waals surface area contributed by atoms with E-state index in [2.05, 4.69) is 36.3 Å². The van der Waals surface area contributed by atoms with Crippen LogP contribution in [0.2, 0.25) is 5.02 Å². The Bertz CT molecular complexity index is 1240. The minimum Gasteiger partial charge on any atom is -0.383 e. The number of nitriles is 2. The number of nitrogens with two attached hydrogens (primary N) is 1. The van der Waals surface area contributed by atoms with E-state index in [1.807, 2.05) is 24.3 Å². The van der Waals surface area contributed by atoms with Gasteiger partial charge in [-0.25, -0.2) is 4.98 Å². The van der Waals surface area contributed by atoms with Gasteiger partial charge < -0.3 is 11.1 Å². The molecule has 0 fully saturated rings. The number of hydrogen-bond acceptors (Lipinski definition) is 6. The van der Waals surface area contributed by atoms with Gasteiger partial charge in [-0.2, -0.15) is 10.5 Å². The molecule has 32 heavy (non-hydrogen) atoms. The number of hydrogen-bond donors (Lipinski definition) is 2. The molecule has 0 aliphatic rings. The first kappa shape index (κ1) is 23.1. The highest BCUT2D eigenvalue weighted by molar-refractivity contribution is 8.00. The summed E-state index contributed by atoms with van der Waals surface area (Å²) in [5, 5.41) is 23.1. The fraction of sp³-hybridized carbons (Fsp3) is 0.167. The van der Waals surface area contributed by atoms with Crippen LogP contribution in [0.15, 0.2) is 53.6 Å². The fourth-order valence-electron chi connectivity index (χ4n) is 3.12. The second kappa shape index (κ2) is 10.2. The molecule has 0 atom stereocenters. The standard InChI is InChI=1S/C24H20ClN5OS/c1-14(2)15-6-8-16(9-7-15)22-19(11-26)23(28)30-24(20(22)12-27)32-13-21(31)29-18-5-3-4-17(25)10-18/h3-10,14H,13H2,1-2H3,(H2,28,30)(H,29,31). The average Bonchev–Trinajstić information content (AvgIpc) is 2.77. The average molecular weight is 462 g/mol. The zero-order chi connectivity index (χ0) is 23.3. The SMILES string of the molecule is CC(C)c1ccc(-c2c(C#N)c(N)nc(SCC(=O)Nc3cccc(Cl)c3)c2C#N)cc1. The second-order valence-electron chi connectivity index (χ2n) is 7.27. The third-order valence-corrected chi connectivity index (χ3v) is 5.94. The highest BCUT2D eigenvalue weighted by atomic mass is 35.5. The zero-order valence-corrected chi connectivity index (χ0v) is 19.1. The summed E-state index contributed by atoms with van der Waals surface area (Å²) in [7, 11) is 0. The number of carbonyl (C=O) groups excluding carboxylic acids is 1. The lowest BCUT2D eigenvalue weighted by Crippen LogP contribution is -2.14. The van der Waals surface area contributed by atoms with E-state index >= 15 is 0 Å². The van der Waals surface area contributed by atoms with E-state index in [-0.39, 0.29) is 28.6 Å². The monoisotopic (exact) mass is 461 g/mol. The van der Waals surface area contributed by atoms with Crippen LogP contribution < -0.4 is 11.1 Å². The van der Waals surface area contributed by atoms with Crippen molar-refractivity contribution in [2.75, 3.05) is 16.8 Å². The molecule has 3 N–H and O–H groups in total. The lowest BCUT2D eigenvalue weighted by molar-refractivity contribution is -0.113. The number of anilines is 2. The van der Waals surface area contributed by atoms with Gasteiger partial charge in [0.1, 0.15) is 28.5 Å². The van der Waals surface area contributed by atoms with Crippen molar-refractivity contribution in [3.63, 3.8) is 0 Å². The van der Waals surface area contributed by atoms with Crippen LogP contribution >= 0.6 is 23.4 Å². The Morgan fingerprint density at radius 2 is 1.84 bits per heavy atom. The molecule has 0 bridgehead atoms.